The van der Waals surface area contributed by atoms with E-state index in [1.165, 1.54) is 4.90 Å². The maximum Gasteiger partial charge on any atom is 0.329 e. The van der Waals surface area contributed by atoms with Gasteiger partial charge < -0.3 is 15.3 Å². The summed E-state index contributed by atoms with van der Waals surface area (Å²) < 4.78 is 0. The minimum absolute atomic E-state index is 0.101. The Hall–Kier alpha value is -1.10. The smallest absolute Gasteiger partial charge is 0.329 e. The van der Waals surface area contributed by atoms with Crippen LogP contribution in [-0.2, 0) is 9.59 Å². The lowest BCUT2D eigenvalue weighted by Crippen LogP contribution is -2.52. The van der Waals surface area contributed by atoms with Gasteiger partial charge in [0.25, 0.3) is 0 Å². The molecule has 0 aliphatic heterocycles. The molecule has 0 fully saturated rings. The van der Waals surface area contributed by atoms with Gasteiger partial charge in [-0.2, -0.15) is 0 Å². The maximum atomic E-state index is 12.0. The zero-order valence-corrected chi connectivity index (χ0v) is 12.1. The highest BCUT2D eigenvalue weighted by molar-refractivity contribution is 5.86. The molecule has 0 aliphatic rings. The molecule has 0 heterocycles. The van der Waals surface area contributed by atoms with Gasteiger partial charge in [0.05, 0.1) is 0 Å². The van der Waals surface area contributed by atoms with Gasteiger partial charge >= 0.3 is 5.97 Å². The zero-order chi connectivity index (χ0) is 14.3. The third kappa shape index (κ3) is 5.04. The Labute approximate surface area is 110 Å². The standard InChI is InChI=1S/C13H26N2O3/c1-6-15(13(4,5)12(17)18)11(16)8-7-9-14-10(2)3/h10,14H,6-9H2,1-5H3,(H,17,18). The van der Waals surface area contributed by atoms with Crippen molar-refractivity contribution < 1.29 is 14.7 Å². The van der Waals surface area contributed by atoms with E-state index < -0.39 is 11.5 Å². The monoisotopic (exact) mass is 258 g/mol. The number of hydrogen-bond donors (Lipinski definition) is 2. The summed E-state index contributed by atoms with van der Waals surface area (Å²) in [5, 5.41) is 12.4. The molecule has 0 radical (unpaired) electrons. The molecule has 0 aliphatic carbocycles. The molecular formula is C13H26N2O3. The molecule has 0 saturated carbocycles. The number of carbonyl (C=O) groups excluding carboxylic acids is 1. The van der Waals surface area contributed by atoms with Crippen molar-refractivity contribution in [3.8, 4) is 0 Å². The van der Waals surface area contributed by atoms with Gasteiger partial charge in [-0.1, -0.05) is 13.8 Å². The Morgan fingerprint density at radius 1 is 1.33 bits per heavy atom. The van der Waals surface area contributed by atoms with Gasteiger partial charge in [-0.3, -0.25) is 4.79 Å². The Bertz CT molecular complexity index is 288. The highest BCUT2D eigenvalue weighted by atomic mass is 16.4. The average molecular weight is 258 g/mol. The second-order valence-electron chi connectivity index (χ2n) is 5.21. The van der Waals surface area contributed by atoms with E-state index in [0.29, 0.717) is 19.0 Å². The molecule has 0 aromatic heterocycles. The highest BCUT2D eigenvalue weighted by Gasteiger charge is 2.36. The quantitative estimate of drug-likeness (QED) is 0.647. The molecule has 5 nitrogen and oxygen atoms in total. The number of nitrogens with one attached hydrogen (secondary N) is 1. The third-order valence-corrected chi connectivity index (χ3v) is 2.94. The fourth-order valence-electron chi connectivity index (χ4n) is 1.76. The normalized spacial score (nSPS) is 11.7. The molecule has 0 bridgehead atoms. The van der Waals surface area contributed by atoms with Crippen LogP contribution >= 0.6 is 0 Å². The highest BCUT2D eigenvalue weighted by Crippen LogP contribution is 2.16. The largest absolute Gasteiger partial charge is 0.480 e. The van der Waals surface area contributed by atoms with E-state index in [2.05, 4.69) is 5.32 Å². The van der Waals surface area contributed by atoms with Crippen LogP contribution in [0.2, 0.25) is 0 Å². The fraction of sp³-hybridized carbons (Fsp3) is 0.846. The number of likely N-dealkylation sites (N-methyl/N-ethyl adjacent to an activating group) is 1. The van der Waals surface area contributed by atoms with Gasteiger partial charge in [0.2, 0.25) is 5.91 Å². The predicted octanol–water partition coefficient (Wildman–Crippen LogP) is 1.48. The number of amides is 1. The maximum absolute atomic E-state index is 12.0. The van der Waals surface area contributed by atoms with Crippen molar-refractivity contribution in [3.05, 3.63) is 0 Å². The molecule has 18 heavy (non-hydrogen) atoms. The number of carbonyl (C=O) groups is 2. The number of carboxylic acids is 1. The number of carboxylic acid groups (broad SMARTS) is 1. The molecule has 0 aromatic rings. The van der Waals surface area contributed by atoms with Crippen molar-refractivity contribution in [2.75, 3.05) is 13.1 Å². The first-order valence-electron chi connectivity index (χ1n) is 6.50. The first-order valence-corrected chi connectivity index (χ1v) is 6.50. The Morgan fingerprint density at radius 2 is 1.89 bits per heavy atom. The predicted molar refractivity (Wildman–Crippen MR) is 71.5 cm³/mol. The molecule has 0 unspecified atom stereocenters. The Kier molecular flexibility index (Phi) is 6.91. The van der Waals surface area contributed by atoms with Crippen LogP contribution in [0.4, 0.5) is 0 Å². The van der Waals surface area contributed by atoms with E-state index in [9.17, 15) is 9.59 Å². The van der Waals surface area contributed by atoms with Crippen LogP contribution in [0.3, 0.4) is 0 Å². The minimum atomic E-state index is -1.14. The van der Waals surface area contributed by atoms with Gasteiger partial charge in [-0.05, 0) is 33.7 Å². The van der Waals surface area contributed by atoms with E-state index in [4.69, 9.17) is 5.11 Å². The number of hydrogen-bond acceptors (Lipinski definition) is 3. The van der Waals surface area contributed by atoms with Crippen molar-refractivity contribution in [1.82, 2.24) is 10.2 Å². The van der Waals surface area contributed by atoms with Crippen LogP contribution in [0.15, 0.2) is 0 Å². The first-order chi connectivity index (χ1) is 8.23. The fourth-order valence-corrected chi connectivity index (χ4v) is 1.76. The van der Waals surface area contributed by atoms with Crippen molar-refractivity contribution in [3.63, 3.8) is 0 Å². The van der Waals surface area contributed by atoms with Gasteiger partial charge in [-0.15, -0.1) is 0 Å². The van der Waals surface area contributed by atoms with Gasteiger partial charge in [0.1, 0.15) is 5.54 Å². The first kappa shape index (κ1) is 16.9. The summed E-state index contributed by atoms with van der Waals surface area (Å²) in [5.74, 6) is -1.08. The van der Waals surface area contributed by atoms with E-state index in [-0.39, 0.29) is 5.91 Å². The summed E-state index contributed by atoms with van der Waals surface area (Å²) >= 11 is 0. The van der Waals surface area contributed by atoms with Crippen LogP contribution in [0.5, 0.6) is 0 Å². The third-order valence-electron chi connectivity index (χ3n) is 2.94. The molecular weight excluding hydrogens is 232 g/mol. The van der Waals surface area contributed by atoms with Crippen LogP contribution in [-0.4, -0.2) is 46.6 Å². The SMILES string of the molecule is CCN(C(=O)CCCNC(C)C)C(C)(C)C(=O)O. The van der Waals surface area contributed by atoms with Gasteiger partial charge in [-0.25, -0.2) is 4.79 Å². The summed E-state index contributed by atoms with van der Waals surface area (Å²) in [6.07, 6.45) is 1.10. The summed E-state index contributed by atoms with van der Waals surface area (Å²) in [6.45, 7) is 10.2. The number of nitrogens with zero attached hydrogens (tertiary/aromatic N) is 1. The molecule has 2 N–H and O–H groups in total. The molecule has 106 valence electrons. The summed E-state index contributed by atoms with van der Waals surface area (Å²) in [7, 11) is 0. The summed E-state index contributed by atoms with van der Waals surface area (Å²) in [5.41, 5.74) is -1.14. The van der Waals surface area contributed by atoms with Crippen LogP contribution < -0.4 is 5.32 Å². The van der Waals surface area contributed by atoms with E-state index >= 15 is 0 Å². The molecule has 0 atom stereocenters. The molecule has 0 aromatic carbocycles. The van der Waals surface area contributed by atoms with Gasteiger partial charge in [0.15, 0.2) is 0 Å². The van der Waals surface area contributed by atoms with Crippen molar-refractivity contribution >= 4 is 11.9 Å². The second kappa shape index (κ2) is 7.36. The van der Waals surface area contributed by atoms with Crippen molar-refractivity contribution in [1.29, 1.82) is 0 Å². The van der Waals surface area contributed by atoms with E-state index in [0.717, 1.165) is 13.0 Å². The summed E-state index contributed by atoms with van der Waals surface area (Å²) in [4.78, 5) is 24.6. The summed E-state index contributed by atoms with van der Waals surface area (Å²) in [6, 6.07) is 0.401. The lowest BCUT2D eigenvalue weighted by molar-refractivity contribution is -0.156. The van der Waals surface area contributed by atoms with Gasteiger partial charge in [0, 0.05) is 19.0 Å². The Balaban J connectivity index is 4.33. The van der Waals surface area contributed by atoms with Crippen LogP contribution in [0.25, 0.3) is 0 Å². The second-order valence-corrected chi connectivity index (χ2v) is 5.21. The average Bonchev–Trinajstić information content (AvgIpc) is 2.24. The van der Waals surface area contributed by atoms with E-state index in [1.807, 2.05) is 13.8 Å². The lowest BCUT2D eigenvalue weighted by atomic mass is 10.0. The topological polar surface area (TPSA) is 69.6 Å². The molecule has 1 amide bonds. The van der Waals surface area contributed by atoms with Crippen molar-refractivity contribution in [2.45, 2.75) is 59.0 Å². The minimum Gasteiger partial charge on any atom is -0.480 e. The zero-order valence-electron chi connectivity index (χ0n) is 12.1. The number of aliphatic carboxylic acids is 1. The van der Waals surface area contributed by atoms with E-state index in [1.54, 1.807) is 20.8 Å². The molecule has 0 rings (SSSR count). The number of rotatable bonds is 8. The molecule has 5 heteroatoms. The van der Waals surface area contributed by atoms with Crippen LogP contribution in [0, 0.1) is 0 Å². The molecule has 0 saturated heterocycles. The lowest BCUT2D eigenvalue weighted by Gasteiger charge is -2.34. The Morgan fingerprint density at radius 3 is 2.28 bits per heavy atom. The van der Waals surface area contributed by atoms with Crippen molar-refractivity contribution in [2.24, 2.45) is 0 Å². The van der Waals surface area contributed by atoms with Crippen LogP contribution in [0.1, 0.15) is 47.5 Å². The molecule has 0 spiro atoms.